The summed E-state index contributed by atoms with van der Waals surface area (Å²) in [5, 5.41) is 10.4. The fourth-order valence-electron chi connectivity index (χ4n) is 8.48. The van der Waals surface area contributed by atoms with Crippen molar-refractivity contribution in [1.29, 1.82) is 0 Å². The van der Waals surface area contributed by atoms with Gasteiger partial charge in [-0.3, -0.25) is 9.69 Å². The maximum Gasteiger partial charge on any atom is 0.313 e. The molecule has 0 radical (unpaired) electrons. The maximum absolute atomic E-state index is 13.1. The van der Waals surface area contributed by atoms with Gasteiger partial charge in [0.1, 0.15) is 18.1 Å². The Kier molecular flexibility index (Phi) is 15.5. The van der Waals surface area contributed by atoms with E-state index in [1.54, 1.807) is 0 Å². The lowest BCUT2D eigenvalue weighted by Crippen LogP contribution is -2.47. The van der Waals surface area contributed by atoms with Gasteiger partial charge in [-0.2, -0.15) is 0 Å². The Morgan fingerprint density at radius 2 is 1.35 bits per heavy atom. The van der Waals surface area contributed by atoms with Crippen LogP contribution in [0.25, 0.3) is 0 Å². The van der Waals surface area contributed by atoms with Crippen molar-refractivity contribution in [2.45, 2.75) is 112 Å². The fraction of sp³-hybridized carbons (Fsp3) is 0.479. The zero-order chi connectivity index (χ0) is 39.6. The Bertz CT molecular complexity index is 1740. The summed E-state index contributed by atoms with van der Waals surface area (Å²) < 4.78 is 13.0. The molecular weight excluding hydrogens is 669 g/mol. The van der Waals surface area contributed by atoms with Gasteiger partial charge in [-0.05, 0) is 111 Å². The van der Waals surface area contributed by atoms with Crippen LogP contribution in [-0.2, 0) is 23.4 Å². The van der Waals surface area contributed by atoms with Crippen LogP contribution in [0.5, 0.6) is 11.5 Å². The van der Waals surface area contributed by atoms with Gasteiger partial charge in [-0.15, -0.1) is 0 Å². The van der Waals surface area contributed by atoms with Gasteiger partial charge in [0, 0.05) is 34.5 Å². The Morgan fingerprint density at radius 3 is 1.89 bits per heavy atom. The first kappa shape index (κ1) is 42.8. The Balaban J connectivity index is 1.86. The molecule has 292 valence electrons. The van der Waals surface area contributed by atoms with Crippen molar-refractivity contribution in [3.63, 3.8) is 0 Å². The third kappa shape index (κ3) is 9.82. The lowest BCUT2D eigenvalue weighted by atomic mass is 9.56. The largest absolute Gasteiger partial charge is 0.489 e. The molecule has 0 bridgehead atoms. The Morgan fingerprint density at radius 1 is 0.759 bits per heavy atom. The minimum atomic E-state index is -0.484. The molecule has 6 heteroatoms. The number of carbonyl (C=O) groups excluding carboxylic acids is 1. The number of nitrogens with zero attached hydrogens (tertiary/aromatic N) is 1. The molecule has 0 saturated carbocycles. The lowest BCUT2D eigenvalue weighted by molar-refractivity contribution is -0.137. The van der Waals surface area contributed by atoms with Crippen LogP contribution in [0.4, 0.5) is 0 Å². The van der Waals surface area contributed by atoms with E-state index in [2.05, 4.69) is 127 Å². The molecule has 3 N–H and O–H groups in total. The number of aliphatic hydroxyl groups is 1. The van der Waals surface area contributed by atoms with E-state index in [1.165, 1.54) is 11.1 Å². The molecule has 4 aromatic carbocycles. The van der Waals surface area contributed by atoms with Gasteiger partial charge in [-0.1, -0.05) is 114 Å². The van der Waals surface area contributed by atoms with Crippen LogP contribution in [0.1, 0.15) is 115 Å². The second-order valence-electron chi connectivity index (χ2n) is 16.4. The molecule has 0 spiro atoms. The summed E-state index contributed by atoms with van der Waals surface area (Å²) in [7, 11) is 0. The molecule has 0 aliphatic rings. The van der Waals surface area contributed by atoms with Crippen LogP contribution in [0.3, 0.4) is 0 Å². The van der Waals surface area contributed by atoms with Gasteiger partial charge in [-0.25, -0.2) is 0 Å². The van der Waals surface area contributed by atoms with Crippen LogP contribution < -0.4 is 15.2 Å². The van der Waals surface area contributed by atoms with Crippen molar-refractivity contribution in [2.75, 3.05) is 13.1 Å². The fourth-order valence-corrected chi connectivity index (χ4v) is 8.48. The molecule has 0 amide bonds. The molecule has 3 unspecified atom stereocenters. The summed E-state index contributed by atoms with van der Waals surface area (Å²) in [4.78, 5) is 15.6. The summed E-state index contributed by atoms with van der Waals surface area (Å²) in [6.45, 7) is 23.4. The van der Waals surface area contributed by atoms with Crippen LogP contribution in [0.15, 0.2) is 97.1 Å². The van der Waals surface area contributed by atoms with Gasteiger partial charge >= 0.3 is 5.97 Å². The van der Waals surface area contributed by atoms with E-state index in [4.69, 9.17) is 15.2 Å². The standard InChI is InChI=1S/C48H66N2O4/c1-32(2)44(29-49)48(34(5)6,40-19-15-12-16-20-40)43-28-37(30-51)21-24-46(43)53-31-38-22-23-45(54-47(52)33(3)4)42(27-38)41(39-17-13-11-14-18-39)25-26-50(35(7)8)36(9)10/h11-24,27-28,32-36,41,44,51H,25-26,29-31,49H2,1-10H3. The zero-order valence-corrected chi connectivity index (χ0v) is 34.5. The minimum absolute atomic E-state index is 0.0106. The molecule has 0 saturated heterocycles. The van der Waals surface area contributed by atoms with Crippen LogP contribution in [0, 0.1) is 23.7 Å². The number of benzene rings is 4. The second kappa shape index (κ2) is 19.6. The van der Waals surface area contributed by atoms with Gasteiger partial charge in [0.25, 0.3) is 0 Å². The van der Waals surface area contributed by atoms with Crippen LogP contribution in [0.2, 0.25) is 0 Å². The summed E-state index contributed by atoms with van der Waals surface area (Å²) in [5.74, 6) is 1.38. The average Bonchev–Trinajstić information content (AvgIpc) is 3.15. The normalized spacial score (nSPS) is 14.3. The van der Waals surface area contributed by atoms with Crippen molar-refractivity contribution >= 4 is 5.97 Å². The highest BCUT2D eigenvalue weighted by molar-refractivity contribution is 5.75. The number of nitrogens with two attached hydrogens (primary N) is 1. The molecule has 0 fully saturated rings. The third-order valence-corrected chi connectivity index (χ3v) is 11.2. The van der Waals surface area contributed by atoms with Gasteiger partial charge in [0.15, 0.2) is 0 Å². The molecular formula is C48H66N2O4. The molecule has 6 nitrogen and oxygen atoms in total. The quantitative estimate of drug-likeness (QED) is 0.0737. The van der Waals surface area contributed by atoms with Crippen molar-refractivity contribution in [3.8, 4) is 11.5 Å². The van der Waals surface area contributed by atoms with Crippen molar-refractivity contribution in [1.82, 2.24) is 4.90 Å². The van der Waals surface area contributed by atoms with E-state index in [-0.39, 0.29) is 42.2 Å². The summed E-state index contributed by atoms with van der Waals surface area (Å²) in [5.41, 5.74) is 12.4. The number of ether oxygens (including phenoxy) is 2. The van der Waals surface area contributed by atoms with Crippen molar-refractivity contribution in [2.24, 2.45) is 29.4 Å². The molecule has 3 atom stereocenters. The highest BCUT2D eigenvalue weighted by Gasteiger charge is 2.47. The monoisotopic (exact) mass is 735 g/mol. The first-order valence-electron chi connectivity index (χ1n) is 20.0. The number of rotatable bonds is 19. The highest BCUT2D eigenvalue weighted by Crippen LogP contribution is 2.51. The van der Waals surface area contributed by atoms with Crippen molar-refractivity contribution in [3.05, 3.63) is 130 Å². The summed E-state index contributed by atoms with van der Waals surface area (Å²) in [6.07, 6.45) is 0.855. The molecule has 4 rings (SSSR count). The predicted octanol–water partition coefficient (Wildman–Crippen LogP) is 10.1. The number of aliphatic hydroxyl groups excluding tert-OH is 1. The number of esters is 1. The SMILES string of the molecule is CC(C)C(=O)Oc1ccc(COc2ccc(CO)cc2C(c2ccccc2)(C(C)C)C(CN)C(C)C)cc1C(CCN(C(C)C)C(C)C)c1ccccc1. The van der Waals surface area contributed by atoms with Crippen molar-refractivity contribution < 1.29 is 19.4 Å². The third-order valence-electron chi connectivity index (χ3n) is 11.2. The number of hydrogen-bond acceptors (Lipinski definition) is 6. The molecule has 4 aromatic rings. The first-order chi connectivity index (χ1) is 25.8. The predicted molar refractivity (Wildman–Crippen MR) is 223 cm³/mol. The number of hydrogen-bond donors (Lipinski definition) is 2. The zero-order valence-electron chi connectivity index (χ0n) is 34.5. The molecule has 54 heavy (non-hydrogen) atoms. The van der Waals surface area contributed by atoms with E-state index in [9.17, 15) is 9.90 Å². The maximum atomic E-state index is 13.1. The molecule has 0 aromatic heterocycles. The van der Waals surface area contributed by atoms with E-state index >= 15 is 0 Å². The van der Waals surface area contributed by atoms with E-state index in [1.807, 2.05) is 44.2 Å². The van der Waals surface area contributed by atoms with Gasteiger partial charge in [0.2, 0.25) is 0 Å². The topological polar surface area (TPSA) is 85.0 Å². The molecule has 0 aliphatic heterocycles. The number of carbonyl (C=O) groups is 1. The average molecular weight is 735 g/mol. The van der Waals surface area contributed by atoms with E-state index in [0.717, 1.165) is 41.0 Å². The molecule has 0 heterocycles. The minimum Gasteiger partial charge on any atom is -0.489 e. The highest BCUT2D eigenvalue weighted by atomic mass is 16.5. The Hall–Kier alpha value is -3.97. The van der Waals surface area contributed by atoms with Gasteiger partial charge in [0.05, 0.1) is 12.5 Å². The van der Waals surface area contributed by atoms with Crippen LogP contribution in [-0.4, -0.2) is 41.1 Å². The molecule has 0 aliphatic carbocycles. The van der Waals surface area contributed by atoms with E-state index < -0.39 is 5.41 Å². The van der Waals surface area contributed by atoms with Crippen LogP contribution >= 0.6 is 0 Å². The lowest BCUT2D eigenvalue weighted by Gasteiger charge is -2.47. The second-order valence-corrected chi connectivity index (χ2v) is 16.4. The summed E-state index contributed by atoms with van der Waals surface area (Å²) >= 11 is 0. The van der Waals surface area contributed by atoms with Gasteiger partial charge < -0.3 is 20.3 Å². The Labute approximate surface area is 326 Å². The summed E-state index contributed by atoms with van der Waals surface area (Å²) in [6, 6.07) is 34.2. The smallest absolute Gasteiger partial charge is 0.313 e. The first-order valence-corrected chi connectivity index (χ1v) is 20.0. The van der Waals surface area contributed by atoms with E-state index in [0.29, 0.717) is 31.0 Å².